The van der Waals surface area contributed by atoms with Crippen molar-refractivity contribution < 1.29 is 29.9 Å². The highest BCUT2D eigenvalue weighted by molar-refractivity contribution is 5.27. The largest absolute Gasteiger partial charge is 0.394 e. The molecule has 0 radical (unpaired) electrons. The minimum atomic E-state index is -1.63. The van der Waals surface area contributed by atoms with E-state index in [1.807, 2.05) is 19.1 Å². The zero-order valence-electron chi connectivity index (χ0n) is 11.4. The number of hydrogen-bond acceptors (Lipinski definition) is 6. The van der Waals surface area contributed by atoms with Gasteiger partial charge in [-0.05, 0) is 6.92 Å². The summed E-state index contributed by atoms with van der Waals surface area (Å²) in [5.41, 5.74) is 1.52. The van der Waals surface area contributed by atoms with Crippen molar-refractivity contribution in [1.82, 2.24) is 0 Å². The maximum Gasteiger partial charge on any atom is 0.224 e. The second kappa shape index (κ2) is 5.77. The van der Waals surface area contributed by atoms with E-state index in [-0.39, 0.29) is 0 Å². The standard InChI is InChI=1S/C14H20O6/c1-8-3-5-9(6-4-8)14(19-2)13(18)12(17)11(16)10(7-15)20-14/h3-6,10-13,15-18H,7H2,1-2H3/t10-,11-,12+,13-,14+/m1/s1. The topological polar surface area (TPSA) is 99.4 Å². The van der Waals surface area contributed by atoms with Crippen LogP contribution < -0.4 is 0 Å². The smallest absolute Gasteiger partial charge is 0.224 e. The van der Waals surface area contributed by atoms with Gasteiger partial charge in [-0.2, -0.15) is 0 Å². The summed E-state index contributed by atoms with van der Waals surface area (Å²) in [6, 6.07) is 7.05. The first-order valence-electron chi connectivity index (χ1n) is 6.41. The fraction of sp³-hybridized carbons (Fsp3) is 0.571. The summed E-state index contributed by atoms with van der Waals surface area (Å²) in [5, 5.41) is 39.2. The van der Waals surface area contributed by atoms with Crippen molar-refractivity contribution in [2.24, 2.45) is 0 Å². The molecule has 1 aliphatic heterocycles. The summed E-state index contributed by atoms with van der Waals surface area (Å²) in [7, 11) is 1.34. The molecule has 6 nitrogen and oxygen atoms in total. The second-order valence-electron chi connectivity index (χ2n) is 5.00. The highest BCUT2D eigenvalue weighted by Crippen LogP contribution is 2.39. The minimum absolute atomic E-state index is 0.498. The zero-order chi connectivity index (χ0) is 14.9. The Morgan fingerprint density at radius 2 is 1.75 bits per heavy atom. The van der Waals surface area contributed by atoms with Crippen molar-refractivity contribution in [3.05, 3.63) is 35.4 Å². The Morgan fingerprint density at radius 1 is 1.15 bits per heavy atom. The van der Waals surface area contributed by atoms with Gasteiger partial charge in [0.2, 0.25) is 5.79 Å². The van der Waals surface area contributed by atoms with Crippen molar-refractivity contribution in [3.8, 4) is 0 Å². The molecule has 1 fully saturated rings. The highest BCUT2D eigenvalue weighted by Gasteiger charge is 2.54. The number of aliphatic hydroxyl groups excluding tert-OH is 4. The Balaban J connectivity index is 2.44. The van der Waals surface area contributed by atoms with Gasteiger partial charge < -0.3 is 29.9 Å². The number of aliphatic hydroxyl groups is 4. The Bertz CT molecular complexity index is 445. The van der Waals surface area contributed by atoms with Gasteiger partial charge in [0.1, 0.15) is 24.4 Å². The number of hydrogen-bond donors (Lipinski definition) is 4. The van der Waals surface area contributed by atoms with Crippen molar-refractivity contribution in [1.29, 1.82) is 0 Å². The average molecular weight is 284 g/mol. The molecule has 1 aromatic rings. The molecular weight excluding hydrogens is 264 g/mol. The molecule has 5 atom stereocenters. The first kappa shape index (κ1) is 15.4. The van der Waals surface area contributed by atoms with E-state index in [2.05, 4.69) is 0 Å². The lowest BCUT2D eigenvalue weighted by Crippen LogP contribution is -2.64. The van der Waals surface area contributed by atoms with E-state index >= 15 is 0 Å². The van der Waals surface area contributed by atoms with Gasteiger partial charge in [0.15, 0.2) is 0 Å². The number of aryl methyl sites for hydroxylation is 1. The molecule has 0 amide bonds. The van der Waals surface area contributed by atoms with Crippen LogP contribution in [0.2, 0.25) is 0 Å². The first-order valence-corrected chi connectivity index (χ1v) is 6.41. The zero-order valence-corrected chi connectivity index (χ0v) is 11.4. The molecule has 0 saturated carbocycles. The molecule has 112 valence electrons. The Kier molecular flexibility index (Phi) is 4.43. The lowest BCUT2D eigenvalue weighted by molar-refractivity contribution is -0.366. The van der Waals surface area contributed by atoms with Gasteiger partial charge in [-0.15, -0.1) is 0 Å². The quantitative estimate of drug-likeness (QED) is 0.584. The molecule has 6 heteroatoms. The molecule has 2 rings (SSSR count). The lowest BCUT2D eigenvalue weighted by Gasteiger charge is -2.47. The number of methoxy groups -OCH3 is 1. The molecule has 1 saturated heterocycles. The predicted molar refractivity (Wildman–Crippen MR) is 69.8 cm³/mol. The van der Waals surface area contributed by atoms with E-state index in [0.29, 0.717) is 5.56 Å². The second-order valence-corrected chi connectivity index (χ2v) is 5.00. The molecule has 0 spiro atoms. The molecule has 0 bridgehead atoms. The van der Waals surface area contributed by atoms with Crippen LogP contribution in [0.15, 0.2) is 24.3 Å². The third-order valence-electron chi connectivity index (χ3n) is 3.71. The lowest BCUT2D eigenvalue weighted by atomic mass is 9.88. The SMILES string of the molecule is CO[C@@]1(c2ccc(C)cc2)O[C@H](CO)[C@@H](O)[C@H](O)[C@H]1O. The summed E-state index contributed by atoms with van der Waals surface area (Å²) in [4.78, 5) is 0. The van der Waals surface area contributed by atoms with Crippen molar-refractivity contribution in [2.75, 3.05) is 13.7 Å². The molecule has 1 heterocycles. The number of benzene rings is 1. The summed E-state index contributed by atoms with van der Waals surface area (Å²) in [5.74, 6) is -1.63. The van der Waals surface area contributed by atoms with Crippen LogP contribution in [0.25, 0.3) is 0 Å². The molecule has 0 unspecified atom stereocenters. The third kappa shape index (κ3) is 2.35. The molecule has 0 aliphatic carbocycles. The molecule has 4 N–H and O–H groups in total. The van der Waals surface area contributed by atoms with Crippen LogP contribution >= 0.6 is 0 Å². The first-order chi connectivity index (χ1) is 9.46. The highest BCUT2D eigenvalue weighted by atomic mass is 16.7. The predicted octanol–water partition coefficient (Wildman–Crippen LogP) is -0.732. The van der Waals surface area contributed by atoms with E-state index in [0.717, 1.165) is 5.56 Å². The number of rotatable bonds is 3. The summed E-state index contributed by atoms with van der Waals surface area (Å²) < 4.78 is 10.9. The fourth-order valence-corrected chi connectivity index (χ4v) is 2.45. The van der Waals surface area contributed by atoms with Gasteiger partial charge in [-0.3, -0.25) is 0 Å². The van der Waals surface area contributed by atoms with Crippen LogP contribution in [0.3, 0.4) is 0 Å². The van der Waals surface area contributed by atoms with Gasteiger partial charge in [0.25, 0.3) is 0 Å². The third-order valence-corrected chi connectivity index (χ3v) is 3.71. The summed E-state index contributed by atoms with van der Waals surface area (Å²) in [6.45, 7) is 1.42. The van der Waals surface area contributed by atoms with Crippen LogP contribution in [0.1, 0.15) is 11.1 Å². The molecule has 1 aromatic carbocycles. The maximum absolute atomic E-state index is 10.3. The van der Waals surface area contributed by atoms with E-state index in [4.69, 9.17) is 9.47 Å². The fourth-order valence-electron chi connectivity index (χ4n) is 2.45. The average Bonchev–Trinajstić information content (AvgIpc) is 2.47. The Morgan fingerprint density at radius 3 is 2.25 bits per heavy atom. The van der Waals surface area contributed by atoms with Crippen LogP contribution in [0.5, 0.6) is 0 Å². The van der Waals surface area contributed by atoms with E-state index in [1.54, 1.807) is 12.1 Å². The van der Waals surface area contributed by atoms with Crippen LogP contribution in [-0.4, -0.2) is 58.6 Å². The van der Waals surface area contributed by atoms with Crippen LogP contribution in [0, 0.1) is 6.92 Å². The summed E-state index contributed by atoms with van der Waals surface area (Å²) >= 11 is 0. The van der Waals surface area contributed by atoms with Crippen molar-refractivity contribution in [3.63, 3.8) is 0 Å². The van der Waals surface area contributed by atoms with E-state index in [1.165, 1.54) is 7.11 Å². The van der Waals surface area contributed by atoms with Gasteiger partial charge in [-0.1, -0.05) is 29.8 Å². The monoisotopic (exact) mass is 284 g/mol. The summed E-state index contributed by atoms with van der Waals surface area (Å²) in [6.07, 6.45) is -5.39. The van der Waals surface area contributed by atoms with Gasteiger partial charge >= 0.3 is 0 Å². The normalized spacial score (nSPS) is 37.9. The molecule has 0 aromatic heterocycles. The van der Waals surface area contributed by atoms with Crippen LogP contribution in [0.4, 0.5) is 0 Å². The molecular formula is C14H20O6. The van der Waals surface area contributed by atoms with Crippen molar-refractivity contribution >= 4 is 0 Å². The maximum atomic E-state index is 10.3. The Hall–Kier alpha value is -1.02. The van der Waals surface area contributed by atoms with Gasteiger partial charge in [-0.25, -0.2) is 0 Å². The van der Waals surface area contributed by atoms with Gasteiger partial charge in [0, 0.05) is 12.7 Å². The Labute approximate surface area is 117 Å². The van der Waals surface area contributed by atoms with Crippen LogP contribution in [-0.2, 0) is 15.3 Å². The molecule has 1 aliphatic rings. The van der Waals surface area contributed by atoms with E-state index < -0.39 is 36.8 Å². The van der Waals surface area contributed by atoms with Gasteiger partial charge in [0.05, 0.1) is 6.61 Å². The number of ether oxygens (including phenoxy) is 2. The van der Waals surface area contributed by atoms with Crippen molar-refractivity contribution in [2.45, 2.75) is 37.1 Å². The minimum Gasteiger partial charge on any atom is -0.394 e. The molecule has 20 heavy (non-hydrogen) atoms. The van der Waals surface area contributed by atoms with E-state index in [9.17, 15) is 20.4 Å².